The van der Waals surface area contributed by atoms with Crippen molar-refractivity contribution in [2.24, 2.45) is 0 Å². The molecule has 7 nitrogen and oxygen atoms in total. The number of allylic oxidation sites excluding steroid dienone is 2. The molecule has 0 fully saturated rings. The summed E-state index contributed by atoms with van der Waals surface area (Å²) in [5.41, 5.74) is 0.961. The van der Waals surface area contributed by atoms with Crippen LogP contribution in [0.5, 0.6) is 0 Å². The fraction of sp³-hybridized carbons (Fsp3) is 0.294. The topological polar surface area (TPSA) is 85.8 Å². The van der Waals surface area contributed by atoms with Gasteiger partial charge in [-0.05, 0) is 31.2 Å². The highest BCUT2D eigenvalue weighted by Gasteiger charge is 2.19. The van der Waals surface area contributed by atoms with E-state index in [4.69, 9.17) is 0 Å². The average molecular weight is 355 g/mol. The van der Waals surface area contributed by atoms with E-state index in [0.29, 0.717) is 40.7 Å². The molecule has 0 radical (unpaired) electrons. The van der Waals surface area contributed by atoms with Crippen LogP contribution in [0.2, 0.25) is 0 Å². The van der Waals surface area contributed by atoms with Gasteiger partial charge in [0.15, 0.2) is 16.6 Å². The van der Waals surface area contributed by atoms with Crippen LogP contribution in [0.15, 0.2) is 46.5 Å². The molecule has 0 saturated carbocycles. The summed E-state index contributed by atoms with van der Waals surface area (Å²) in [5.74, 6) is 0.560. The molecular weight excluding hydrogens is 338 g/mol. The summed E-state index contributed by atoms with van der Waals surface area (Å²) < 4.78 is 3.31. The smallest absolute Gasteiger partial charge is 0.278 e. The van der Waals surface area contributed by atoms with Gasteiger partial charge in [-0.1, -0.05) is 30.0 Å². The monoisotopic (exact) mass is 355 g/mol. The molecule has 1 unspecified atom stereocenters. The van der Waals surface area contributed by atoms with Crippen molar-refractivity contribution < 1.29 is 5.11 Å². The Morgan fingerprint density at radius 1 is 1.28 bits per heavy atom. The van der Waals surface area contributed by atoms with Crippen molar-refractivity contribution in [2.75, 3.05) is 6.26 Å². The van der Waals surface area contributed by atoms with Crippen molar-refractivity contribution in [2.45, 2.75) is 30.6 Å². The Kier molecular flexibility index (Phi) is 4.14. The van der Waals surface area contributed by atoms with E-state index in [-0.39, 0.29) is 5.56 Å². The highest BCUT2D eigenvalue weighted by molar-refractivity contribution is 7.98. The van der Waals surface area contributed by atoms with E-state index < -0.39 is 6.10 Å². The van der Waals surface area contributed by atoms with Gasteiger partial charge in [-0.3, -0.25) is 4.79 Å². The zero-order valence-electron chi connectivity index (χ0n) is 13.7. The number of aromatic nitrogens is 5. The molecular formula is C17H17N5O2S. The van der Waals surface area contributed by atoms with E-state index in [2.05, 4.69) is 15.0 Å². The largest absolute Gasteiger partial charge is 0.387 e. The molecule has 25 heavy (non-hydrogen) atoms. The number of aliphatic hydroxyl groups excluding tert-OH is 1. The summed E-state index contributed by atoms with van der Waals surface area (Å²) in [5, 5.41) is 11.4. The summed E-state index contributed by atoms with van der Waals surface area (Å²) in [6.45, 7) is 0.409. The van der Waals surface area contributed by atoms with E-state index >= 15 is 0 Å². The van der Waals surface area contributed by atoms with Gasteiger partial charge in [-0.2, -0.15) is 0 Å². The number of pyridine rings is 1. The minimum atomic E-state index is -0.638. The maximum absolute atomic E-state index is 12.8. The number of hydrogen-bond acceptors (Lipinski definition) is 6. The summed E-state index contributed by atoms with van der Waals surface area (Å²) in [4.78, 5) is 26.1. The van der Waals surface area contributed by atoms with Gasteiger partial charge in [-0.15, -0.1) is 0 Å². The molecule has 4 rings (SSSR count). The molecule has 1 N–H and O–H groups in total. The molecule has 1 atom stereocenters. The maximum atomic E-state index is 12.8. The van der Waals surface area contributed by atoms with Gasteiger partial charge < -0.3 is 5.11 Å². The zero-order chi connectivity index (χ0) is 17.4. The number of rotatable bonds is 1. The Labute approximate surface area is 148 Å². The molecule has 2 bridgehead atoms. The van der Waals surface area contributed by atoms with Crippen LogP contribution in [0.25, 0.3) is 16.9 Å². The summed E-state index contributed by atoms with van der Waals surface area (Å²) >= 11 is 1.42. The Morgan fingerprint density at radius 2 is 2.16 bits per heavy atom. The van der Waals surface area contributed by atoms with E-state index in [0.717, 1.165) is 6.42 Å². The van der Waals surface area contributed by atoms with E-state index in [1.807, 2.05) is 30.5 Å². The molecule has 3 aromatic rings. The van der Waals surface area contributed by atoms with Gasteiger partial charge in [0.2, 0.25) is 0 Å². The first-order valence-electron chi connectivity index (χ1n) is 8.02. The molecule has 4 heterocycles. The van der Waals surface area contributed by atoms with Crippen LogP contribution in [0.3, 0.4) is 0 Å². The van der Waals surface area contributed by atoms with Gasteiger partial charge in [-0.25, -0.2) is 24.3 Å². The molecule has 0 aromatic carbocycles. The molecule has 128 valence electrons. The molecule has 0 spiro atoms. The first kappa shape index (κ1) is 16.0. The first-order chi connectivity index (χ1) is 12.2. The molecule has 0 saturated heterocycles. The van der Waals surface area contributed by atoms with Crippen LogP contribution in [0.4, 0.5) is 0 Å². The van der Waals surface area contributed by atoms with Crippen LogP contribution in [0.1, 0.15) is 24.6 Å². The third-order valence-corrected chi connectivity index (χ3v) is 4.76. The Hall–Kier alpha value is -2.45. The van der Waals surface area contributed by atoms with Crippen molar-refractivity contribution in [3.05, 3.63) is 52.6 Å². The van der Waals surface area contributed by atoms with Gasteiger partial charge in [0, 0.05) is 6.20 Å². The van der Waals surface area contributed by atoms with Gasteiger partial charge >= 0.3 is 0 Å². The molecule has 1 aliphatic rings. The number of nitrogens with zero attached hydrogens (tertiary/aromatic N) is 5. The second kappa shape index (κ2) is 6.45. The lowest BCUT2D eigenvalue weighted by Gasteiger charge is -2.12. The third kappa shape index (κ3) is 2.77. The quantitative estimate of drug-likeness (QED) is 0.409. The fourth-order valence-corrected chi connectivity index (χ4v) is 3.28. The number of thioether (sulfide) groups is 1. The van der Waals surface area contributed by atoms with E-state index in [1.54, 1.807) is 21.6 Å². The van der Waals surface area contributed by atoms with Crippen molar-refractivity contribution in [3.8, 4) is 5.82 Å². The lowest BCUT2D eigenvalue weighted by Crippen LogP contribution is -2.22. The lowest BCUT2D eigenvalue weighted by atomic mass is 10.1. The average Bonchev–Trinajstić information content (AvgIpc) is 2.91. The number of aliphatic hydroxyl groups is 1. The first-order valence-corrected chi connectivity index (χ1v) is 9.24. The van der Waals surface area contributed by atoms with Crippen LogP contribution in [-0.4, -0.2) is 35.7 Å². The SMILES string of the molecule is CSc1ncc2c(=O)n3n(c2n1)-c1cccc(n1)C(O)CC/C=C\C3. The van der Waals surface area contributed by atoms with Gasteiger partial charge in [0.25, 0.3) is 5.56 Å². The van der Waals surface area contributed by atoms with Gasteiger partial charge in [0.05, 0.1) is 18.3 Å². The van der Waals surface area contributed by atoms with Crippen LogP contribution in [0, 0.1) is 0 Å². The second-order valence-corrected chi connectivity index (χ2v) is 6.55. The number of fused-ring (bicyclic) bond motifs is 6. The van der Waals surface area contributed by atoms with Gasteiger partial charge in [0.1, 0.15) is 5.39 Å². The summed E-state index contributed by atoms with van der Waals surface area (Å²) in [6, 6.07) is 5.45. The Bertz CT molecular complexity index is 1020. The molecule has 0 amide bonds. The molecule has 8 heteroatoms. The fourth-order valence-electron chi connectivity index (χ4n) is 2.95. The van der Waals surface area contributed by atoms with Crippen molar-refractivity contribution in [1.29, 1.82) is 0 Å². The normalized spacial score (nSPS) is 18.6. The van der Waals surface area contributed by atoms with E-state index in [1.165, 1.54) is 11.8 Å². The Balaban J connectivity index is 2.06. The molecule has 3 aromatic heterocycles. The predicted molar refractivity (Wildman–Crippen MR) is 96.0 cm³/mol. The zero-order valence-corrected chi connectivity index (χ0v) is 14.5. The lowest BCUT2D eigenvalue weighted by molar-refractivity contribution is 0.164. The maximum Gasteiger partial charge on any atom is 0.278 e. The predicted octanol–water partition coefficient (Wildman–Crippen LogP) is 2.08. The Morgan fingerprint density at radius 3 is 3.00 bits per heavy atom. The van der Waals surface area contributed by atoms with Crippen molar-refractivity contribution in [3.63, 3.8) is 0 Å². The molecule has 0 aliphatic carbocycles. The standard InChI is InChI=1S/C17H17N5O2S/c1-25-17-18-10-11-15(20-17)22-14-8-5-6-12(19-14)13(23)7-3-2-4-9-21(22)16(11)24/h2,4-6,8,10,13,23H,3,7,9H2,1H3/b4-2-. The van der Waals surface area contributed by atoms with Crippen LogP contribution >= 0.6 is 11.8 Å². The minimum absolute atomic E-state index is 0.153. The van der Waals surface area contributed by atoms with E-state index in [9.17, 15) is 9.90 Å². The van der Waals surface area contributed by atoms with Crippen LogP contribution in [-0.2, 0) is 6.54 Å². The third-order valence-electron chi connectivity index (χ3n) is 4.20. The highest BCUT2D eigenvalue weighted by atomic mass is 32.2. The summed E-state index contributed by atoms with van der Waals surface area (Å²) in [6.07, 6.45) is 8.04. The molecule has 1 aliphatic heterocycles. The van der Waals surface area contributed by atoms with Crippen molar-refractivity contribution >= 4 is 22.8 Å². The van der Waals surface area contributed by atoms with Crippen molar-refractivity contribution in [1.82, 2.24) is 24.3 Å². The minimum Gasteiger partial charge on any atom is -0.387 e. The highest BCUT2D eigenvalue weighted by Crippen LogP contribution is 2.21. The number of hydrogen-bond donors (Lipinski definition) is 1. The van der Waals surface area contributed by atoms with Crippen LogP contribution < -0.4 is 5.56 Å². The summed E-state index contributed by atoms with van der Waals surface area (Å²) in [7, 11) is 0. The second-order valence-electron chi connectivity index (χ2n) is 5.78.